The van der Waals surface area contributed by atoms with E-state index in [0.29, 0.717) is 10.7 Å². The van der Waals surface area contributed by atoms with E-state index >= 15 is 0 Å². The molecular formula is C20H15F3N6O3S. The van der Waals surface area contributed by atoms with E-state index in [1.165, 1.54) is 48.3 Å². The van der Waals surface area contributed by atoms with E-state index in [1.807, 2.05) is 0 Å². The normalized spacial score (nSPS) is 11.5. The standard InChI is InChI=1S/C20H15F3N6O3S/c1-10(30)14-9-33-16(26-14)8-29-24-7-15(28-29)27-19(31)17-18(32-11(2)25-17)12-4-3-5-13(6-12)20(21,22)23/h3-7,9H,8H2,1-2H3,(H,27,28,31). The minimum absolute atomic E-state index is 0.0595. The van der Waals surface area contributed by atoms with Crippen LogP contribution in [0, 0.1) is 6.92 Å². The number of halogens is 3. The largest absolute Gasteiger partial charge is 0.440 e. The van der Waals surface area contributed by atoms with Gasteiger partial charge >= 0.3 is 6.18 Å². The summed E-state index contributed by atoms with van der Waals surface area (Å²) in [5, 5.41) is 12.9. The number of aryl methyl sites for hydroxylation is 1. The van der Waals surface area contributed by atoms with Gasteiger partial charge in [-0.3, -0.25) is 9.59 Å². The van der Waals surface area contributed by atoms with Crippen LogP contribution in [0.2, 0.25) is 0 Å². The van der Waals surface area contributed by atoms with Gasteiger partial charge in [-0.05, 0) is 12.1 Å². The first-order chi connectivity index (χ1) is 15.6. The van der Waals surface area contributed by atoms with Crippen LogP contribution in [0.25, 0.3) is 11.3 Å². The van der Waals surface area contributed by atoms with E-state index < -0.39 is 17.6 Å². The average Bonchev–Trinajstić information content (AvgIpc) is 3.48. The van der Waals surface area contributed by atoms with Crippen LogP contribution in [0.5, 0.6) is 0 Å². The van der Waals surface area contributed by atoms with E-state index in [4.69, 9.17) is 4.42 Å². The fourth-order valence-corrected chi connectivity index (χ4v) is 3.69. The Bertz CT molecular complexity index is 1340. The summed E-state index contributed by atoms with van der Waals surface area (Å²) in [7, 11) is 0. The van der Waals surface area contributed by atoms with Gasteiger partial charge in [0.2, 0.25) is 0 Å². The molecule has 170 valence electrons. The van der Waals surface area contributed by atoms with Crippen molar-refractivity contribution in [2.24, 2.45) is 0 Å². The SMILES string of the molecule is CC(=O)c1csc(Cn2ncc(NC(=O)c3nc(C)oc3-c3cccc(C(F)(F)F)c3)n2)n1. The highest BCUT2D eigenvalue weighted by molar-refractivity contribution is 7.09. The van der Waals surface area contributed by atoms with Gasteiger partial charge in [0.25, 0.3) is 5.91 Å². The van der Waals surface area contributed by atoms with Crippen LogP contribution in [-0.4, -0.2) is 36.7 Å². The summed E-state index contributed by atoms with van der Waals surface area (Å²) in [5.74, 6) is -0.763. The number of anilines is 1. The van der Waals surface area contributed by atoms with Gasteiger partial charge in [-0.1, -0.05) is 12.1 Å². The molecule has 33 heavy (non-hydrogen) atoms. The lowest BCUT2D eigenvalue weighted by Crippen LogP contribution is -2.14. The number of thiazole rings is 1. The number of hydrogen-bond donors (Lipinski definition) is 1. The molecule has 0 spiro atoms. The molecule has 0 unspecified atom stereocenters. The molecule has 0 fully saturated rings. The van der Waals surface area contributed by atoms with Crippen LogP contribution in [0.3, 0.4) is 0 Å². The fraction of sp³-hybridized carbons (Fsp3) is 0.200. The number of alkyl halides is 3. The summed E-state index contributed by atoms with van der Waals surface area (Å²) in [6.07, 6.45) is -3.25. The summed E-state index contributed by atoms with van der Waals surface area (Å²) in [5.41, 5.74) is -0.658. The zero-order valence-electron chi connectivity index (χ0n) is 17.2. The van der Waals surface area contributed by atoms with Gasteiger partial charge < -0.3 is 9.73 Å². The van der Waals surface area contributed by atoms with Gasteiger partial charge in [-0.2, -0.15) is 23.1 Å². The summed E-state index contributed by atoms with van der Waals surface area (Å²) < 4.78 is 44.6. The van der Waals surface area contributed by atoms with Gasteiger partial charge in [0.1, 0.15) is 17.2 Å². The predicted molar refractivity (Wildman–Crippen MR) is 111 cm³/mol. The predicted octanol–water partition coefficient (Wildman–Crippen LogP) is 4.22. The number of amides is 1. The molecule has 0 radical (unpaired) electrons. The third-order valence-electron chi connectivity index (χ3n) is 4.37. The topological polar surface area (TPSA) is 116 Å². The Balaban J connectivity index is 1.53. The number of hydrogen-bond acceptors (Lipinski definition) is 8. The van der Waals surface area contributed by atoms with Crippen LogP contribution in [0.1, 0.15) is 44.4 Å². The van der Waals surface area contributed by atoms with Crippen molar-refractivity contribution in [2.75, 3.05) is 5.32 Å². The molecule has 0 atom stereocenters. The second-order valence-electron chi connectivity index (χ2n) is 6.89. The maximum Gasteiger partial charge on any atom is 0.416 e. The lowest BCUT2D eigenvalue weighted by Gasteiger charge is -2.08. The monoisotopic (exact) mass is 476 g/mol. The molecule has 3 heterocycles. The minimum Gasteiger partial charge on any atom is -0.440 e. The van der Waals surface area contributed by atoms with Crippen molar-refractivity contribution in [3.63, 3.8) is 0 Å². The number of benzene rings is 1. The minimum atomic E-state index is -4.55. The van der Waals surface area contributed by atoms with Gasteiger partial charge in [0.15, 0.2) is 28.9 Å². The van der Waals surface area contributed by atoms with E-state index in [-0.39, 0.29) is 41.1 Å². The molecule has 0 aliphatic rings. The van der Waals surface area contributed by atoms with Gasteiger partial charge in [-0.25, -0.2) is 9.97 Å². The molecule has 3 aromatic heterocycles. The number of aromatic nitrogens is 5. The zero-order chi connectivity index (χ0) is 23.8. The molecule has 0 aliphatic heterocycles. The summed E-state index contributed by atoms with van der Waals surface area (Å²) in [6, 6.07) is 4.42. The first kappa shape index (κ1) is 22.3. The van der Waals surface area contributed by atoms with Crippen LogP contribution in [-0.2, 0) is 12.7 Å². The average molecular weight is 476 g/mol. The number of nitrogens with one attached hydrogen (secondary N) is 1. The van der Waals surface area contributed by atoms with Crippen molar-refractivity contribution < 1.29 is 27.2 Å². The molecule has 4 rings (SSSR count). The number of ketones is 1. The summed E-state index contributed by atoms with van der Waals surface area (Å²) in [4.78, 5) is 33.6. The number of Topliss-reactive ketones (excluding diaryl/α,β-unsaturated/α-hetero) is 1. The van der Waals surface area contributed by atoms with Crippen molar-refractivity contribution >= 4 is 28.8 Å². The zero-order valence-corrected chi connectivity index (χ0v) is 18.0. The van der Waals surface area contributed by atoms with Gasteiger partial charge in [0, 0.05) is 24.8 Å². The number of carbonyl (C=O) groups excluding carboxylic acids is 2. The maximum atomic E-state index is 13.1. The molecular weight excluding hydrogens is 461 g/mol. The summed E-state index contributed by atoms with van der Waals surface area (Å²) >= 11 is 1.28. The summed E-state index contributed by atoms with van der Waals surface area (Å²) in [6.45, 7) is 3.08. The van der Waals surface area contributed by atoms with Crippen LogP contribution in [0.15, 0.2) is 40.3 Å². The molecule has 13 heteroatoms. The van der Waals surface area contributed by atoms with E-state index in [9.17, 15) is 22.8 Å². The highest BCUT2D eigenvalue weighted by Gasteiger charge is 2.31. The Morgan fingerprint density at radius 3 is 2.73 bits per heavy atom. The maximum absolute atomic E-state index is 13.1. The van der Waals surface area contributed by atoms with Crippen molar-refractivity contribution in [2.45, 2.75) is 26.6 Å². The van der Waals surface area contributed by atoms with Crippen molar-refractivity contribution in [3.8, 4) is 11.3 Å². The fourth-order valence-electron chi connectivity index (χ4n) is 2.89. The first-order valence-corrected chi connectivity index (χ1v) is 10.3. The third kappa shape index (κ3) is 4.98. The number of nitrogens with zero attached hydrogens (tertiary/aromatic N) is 5. The highest BCUT2D eigenvalue weighted by Crippen LogP contribution is 2.33. The molecule has 1 amide bonds. The van der Waals surface area contributed by atoms with Crippen molar-refractivity contribution in [1.29, 1.82) is 0 Å². The van der Waals surface area contributed by atoms with E-state index in [2.05, 4.69) is 25.5 Å². The Hall–Kier alpha value is -3.87. The van der Waals surface area contributed by atoms with Crippen LogP contribution in [0.4, 0.5) is 19.0 Å². The number of oxazole rings is 1. The lowest BCUT2D eigenvalue weighted by atomic mass is 10.1. The molecule has 4 aromatic rings. The Morgan fingerprint density at radius 2 is 2.03 bits per heavy atom. The van der Waals surface area contributed by atoms with Crippen LogP contribution >= 0.6 is 11.3 Å². The molecule has 9 nitrogen and oxygen atoms in total. The van der Waals surface area contributed by atoms with Gasteiger partial charge in [-0.15, -0.1) is 16.4 Å². The Morgan fingerprint density at radius 1 is 1.24 bits per heavy atom. The highest BCUT2D eigenvalue weighted by atomic mass is 32.1. The second kappa shape index (κ2) is 8.58. The Labute approximate surface area is 188 Å². The first-order valence-electron chi connectivity index (χ1n) is 9.42. The number of rotatable bonds is 6. The second-order valence-corrected chi connectivity index (χ2v) is 7.83. The van der Waals surface area contributed by atoms with E-state index in [1.54, 1.807) is 5.38 Å². The quantitative estimate of drug-likeness (QED) is 0.414. The molecule has 0 aliphatic carbocycles. The number of carbonyl (C=O) groups is 2. The van der Waals surface area contributed by atoms with Gasteiger partial charge in [0.05, 0.1) is 11.8 Å². The molecule has 0 saturated carbocycles. The Kier molecular flexibility index (Phi) is 5.80. The smallest absolute Gasteiger partial charge is 0.416 e. The van der Waals surface area contributed by atoms with Crippen molar-refractivity contribution in [1.82, 2.24) is 25.0 Å². The van der Waals surface area contributed by atoms with Crippen LogP contribution < -0.4 is 5.32 Å². The molecule has 0 bridgehead atoms. The lowest BCUT2D eigenvalue weighted by molar-refractivity contribution is -0.137. The third-order valence-corrected chi connectivity index (χ3v) is 5.20. The van der Waals surface area contributed by atoms with E-state index in [0.717, 1.165) is 12.1 Å². The molecule has 0 saturated heterocycles. The molecule has 1 aromatic carbocycles. The molecule has 1 N–H and O–H groups in total. The van der Waals surface area contributed by atoms with Crippen molar-refractivity contribution in [3.05, 3.63) is 63.7 Å².